The van der Waals surface area contributed by atoms with E-state index in [-0.39, 0.29) is 0 Å². The molecule has 0 bridgehead atoms. The predicted octanol–water partition coefficient (Wildman–Crippen LogP) is 3.74. The van der Waals surface area contributed by atoms with Crippen LogP contribution in [0.5, 0.6) is 0 Å². The minimum absolute atomic E-state index is 0.431. The fraction of sp³-hybridized carbons (Fsp3) is 0.0870. The van der Waals surface area contributed by atoms with Crippen molar-refractivity contribution in [2.75, 3.05) is 0 Å². The molecule has 0 saturated heterocycles. The van der Waals surface area contributed by atoms with E-state index in [1.54, 1.807) is 6.08 Å². The third-order valence-electron chi connectivity index (χ3n) is 4.91. The van der Waals surface area contributed by atoms with Gasteiger partial charge in [0.25, 0.3) is 0 Å². The molecule has 3 rings (SSSR count). The number of rotatable bonds is 7. The predicted molar refractivity (Wildman–Crippen MR) is 113 cm³/mol. The number of allylic oxidation sites excluding steroid dienone is 1. The second-order valence-electron chi connectivity index (χ2n) is 6.32. The van der Waals surface area contributed by atoms with Crippen LogP contribution in [0.4, 0.5) is 0 Å². The molecule has 3 aromatic rings. The van der Waals surface area contributed by atoms with E-state index in [1.807, 2.05) is 54.6 Å². The van der Waals surface area contributed by atoms with E-state index in [4.69, 9.17) is 0 Å². The van der Waals surface area contributed by atoms with E-state index in [0.717, 1.165) is 15.9 Å². The SMILES string of the molecule is C=CCC(C(=O)O)[PH](c1ccccc1)(c1ccccc1)c1ccccc1. The van der Waals surface area contributed by atoms with E-state index < -0.39 is 18.9 Å². The van der Waals surface area contributed by atoms with E-state index in [1.165, 1.54) is 0 Å². The van der Waals surface area contributed by atoms with Gasteiger partial charge in [-0.1, -0.05) is 0 Å². The quantitative estimate of drug-likeness (QED) is 0.514. The molecule has 0 aromatic heterocycles. The maximum absolute atomic E-state index is 12.4. The zero-order chi connectivity index (χ0) is 18.4. The molecule has 0 aliphatic rings. The molecule has 0 heterocycles. The van der Waals surface area contributed by atoms with Gasteiger partial charge in [-0.05, 0) is 0 Å². The van der Waals surface area contributed by atoms with Crippen LogP contribution in [0.2, 0.25) is 0 Å². The van der Waals surface area contributed by atoms with Crippen LogP contribution in [0.15, 0.2) is 104 Å². The zero-order valence-corrected chi connectivity index (χ0v) is 15.6. The van der Waals surface area contributed by atoms with Crippen LogP contribution in [0.25, 0.3) is 0 Å². The van der Waals surface area contributed by atoms with Gasteiger partial charge in [0.2, 0.25) is 0 Å². The first kappa shape index (κ1) is 18.1. The molecule has 0 aliphatic heterocycles. The molecule has 0 radical (unpaired) electrons. The Balaban J connectivity index is 2.42. The first-order valence-electron chi connectivity index (χ1n) is 8.71. The van der Waals surface area contributed by atoms with Crippen LogP contribution in [-0.4, -0.2) is 16.7 Å². The third-order valence-corrected chi connectivity index (χ3v) is 10.2. The summed E-state index contributed by atoms with van der Waals surface area (Å²) in [5.74, 6) is -0.770. The molecular formula is C23H23O2P. The van der Waals surface area contributed by atoms with Gasteiger partial charge in [-0.25, -0.2) is 0 Å². The van der Waals surface area contributed by atoms with Crippen molar-refractivity contribution in [2.24, 2.45) is 0 Å². The third kappa shape index (κ3) is 3.21. The number of benzene rings is 3. The van der Waals surface area contributed by atoms with Gasteiger partial charge < -0.3 is 0 Å². The van der Waals surface area contributed by atoms with E-state index in [2.05, 4.69) is 43.0 Å². The van der Waals surface area contributed by atoms with Crippen molar-refractivity contribution >= 4 is 29.1 Å². The summed E-state index contributed by atoms with van der Waals surface area (Å²) in [7, 11) is -2.81. The summed E-state index contributed by atoms with van der Waals surface area (Å²) in [4.78, 5) is 12.4. The van der Waals surface area contributed by atoms with Crippen molar-refractivity contribution < 1.29 is 9.90 Å². The number of carboxylic acid groups (broad SMARTS) is 1. The first-order valence-corrected chi connectivity index (χ1v) is 10.8. The molecule has 132 valence electrons. The molecule has 0 spiro atoms. The Kier molecular flexibility index (Phi) is 5.65. The van der Waals surface area contributed by atoms with Gasteiger partial charge in [0.05, 0.1) is 0 Å². The Morgan fingerprint density at radius 3 is 1.42 bits per heavy atom. The normalized spacial score (nSPS) is 12.9. The maximum atomic E-state index is 12.4. The molecule has 1 unspecified atom stereocenters. The zero-order valence-electron chi connectivity index (χ0n) is 14.6. The summed E-state index contributed by atoms with van der Waals surface area (Å²) in [6.07, 6.45) is 2.16. The summed E-state index contributed by atoms with van der Waals surface area (Å²) in [6.45, 7) is 3.84. The molecule has 3 heteroatoms. The van der Waals surface area contributed by atoms with E-state index in [0.29, 0.717) is 6.42 Å². The van der Waals surface area contributed by atoms with Crippen LogP contribution < -0.4 is 15.9 Å². The molecule has 0 fully saturated rings. The fourth-order valence-corrected chi connectivity index (χ4v) is 9.09. The van der Waals surface area contributed by atoms with Gasteiger partial charge in [0, 0.05) is 0 Å². The van der Waals surface area contributed by atoms with Crippen molar-refractivity contribution in [1.82, 2.24) is 0 Å². The van der Waals surface area contributed by atoms with Crippen LogP contribution in [0.1, 0.15) is 6.42 Å². The van der Waals surface area contributed by atoms with Crippen LogP contribution in [-0.2, 0) is 4.79 Å². The van der Waals surface area contributed by atoms with Gasteiger partial charge >= 0.3 is 155 Å². The first-order chi connectivity index (χ1) is 12.7. The number of carbonyl (C=O) groups is 1. The molecular weight excluding hydrogens is 339 g/mol. The van der Waals surface area contributed by atoms with Crippen molar-refractivity contribution in [2.45, 2.75) is 12.1 Å². The second kappa shape index (κ2) is 8.12. The Morgan fingerprint density at radius 1 is 0.808 bits per heavy atom. The Bertz CT molecular complexity index is 764. The Hall–Kier alpha value is -2.70. The molecule has 1 atom stereocenters. The second-order valence-corrected chi connectivity index (χ2v) is 10.4. The van der Waals surface area contributed by atoms with Crippen molar-refractivity contribution in [1.29, 1.82) is 0 Å². The molecule has 2 nitrogen and oxygen atoms in total. The van der Waals surface area contributed by atoms with Crippen molar-refractivity contribution in [3.8, 4) is 0 Å². The molecule has 26 heavy (non-hydrogen) atoms. The minimum atomic E-state index is -2.81. The van der Waals surface area contributed by atoms with E-state index in [9.17, 15) is 9.90 Å². The van der Waals surface area contributed by atoms with Gasteiger partial charge in [-0.3, -0.25) is 0 Å². The number of aliphatic carboxylic acids is 1. The number of hydrogen-bond acceptors (Lipinski definition) is 1. The molecule has 0 amide bonds. The van der Waals surface area contributed by atoms with Crippen LogP contribution in [0.3, 0.4) is 0 Å². The Morgan fingerprint density at radius 2 is 1.15 bits per heavy atom. The molecule has 0 saturated carbocycles. The van der Waals surface area contributed by atoms with Gasteiger partial charge in [0.15, 0.2) is 0 Å². The molecule has 0 aliphatic carbocycles. The van der Waals surface area contributed by atoms with E-state index >= 15 is 0 Å². The summed E-state index contributed by atoms with van der Waals surface area (Å²) < 4.78 is 0. The number of carboxylic acids is 1. The number of hydrogen-bond donors (Lipinski definition) is 1. The topological polar surface area (TPSA) is 37.3 Å². The fourth-order valence-electron chi connectivity index (χ4n) is 3.84. The van der Waals surface area contributed by atoms with Gasteiger partial charge in [0.1, 0.15) is 0 Å². The van der Waals surface area contributed by atoms with Crippen molar-refractivity contribution in [3.05, 3.63) is 104 Å². The van der Waals surface area contributed by atoms with Crippen molar-refractivity contribution in [3.63, 3.8) is 0 Å². The molecule has 3 aromatic carbocycles. The summed E-state index contributed by atoms with van der Waals surface area (Å²) >= 11 is 0. The standard InChI is InChI=1S/C23H23O2P/c1-2-12-22(23(24)25)26(19-13-6-3-7-14-19,20-15-8-4-9-16-20)21-17-10-5-11-18-21/h2-11,13-18,22,26H,1,12H2,(H,24,25). The van der Waals surface area contributed by atoms with Crippen LogP contribution >= 0.6 is 7.26 Å². The summed E-state index contributed by atoms with van der Waals surface area (Å²) in [5.41, 5.74) is -0.535. The summed E-state index contributed by atoms with van der Waals surface area (Å²) in [5, 5.41) is 13.5. The Labute approximate surface area is 155 Å². The van der Waals surface area contributed by atoms with Crippen LogP contribution in [0, 0.1) is 0 Å². The van der Waals surface area contributed by atoms with Gasteiger partial charge in [-0.2, -0.15) is 0 Å². The average molecular weight is 362 g/mol. The van der Waals surface area contributed by atoms with Gasteiger partial charge in [-0.15, -0.1) is 0 Å². The molecule has 1 N–H and O–H groups in total. The summed E-state index contributed by atoms with van der Waals surface area (Å²) in [6, 6.07) is 30.3. The monoisotopic (exact) mass is 362 g/mol. The average Bonchev–Trinajstić information content (AvgIpc) is 2.70.